The Morgan fingerprint density at radius 1 is 1.03 bits per heavy atom. The second kappa shape index (κ2) is 9.24. The highest BCUT2D eigenvalue weighted by Gasteiger charge is 2.36. The fraction of sp³-hybridized carbons (Fsp3) is 0.565. The second-order valence-electron chi connectivity index (χ2n) is 8.32. The molecule has 2 saturated heterocycles. The molecule has 1 aromatic rings. The lowest BCUT2D eigenvalue weighted by Gasteiger charge is -2.37. The molecule has 156 valence electrons. The maximum Gasteiger partial charge on any atom is 0.317 e. The van der Waals surface area contributed by atoms with E-state index in [1.807, 2.05) is 22.7 Å². The number of benzene rings is 1. The number of nitrogens with zero attached hydrogens (tertiary/aromatic N) is 2. The molecule has 3 aliphatic rings. The summed E-state index contributed by atoms with van der Waals surface area (Å²) in [7, 11) is 1.69. The lowest BCUT2D eigenvalue weighted by atomic mass is 9.89. The molecule has 6 heteroatoms. The van der Waals surface area contributed by atoms with E-state index in [2.05, 4.69) is 39.9 Å². The molecule has 0 aliphatic carbocycles. The molecular weight excluding hydrogens is 382 g/mol. The minimum atomic E-state index is 0.0218. The number of urea groups is 1. The van der Waals surface area contributed by atoms with Crippen molar-refractivity contribution in [2.24, 2.45) is 5.92 Å². The zero-order valence-electron chi connectivity index (χ0n) is 17.2. The number of thioether (sulfide) groups is 1. The van der Waals surface area contributed by atoms with E-state index in [-0.39, 0.29) is 18.0 Å². The monoisotopic (exact) mass is 413 g/mol. The molecule has 2 atom stereocenters. The molecule has 3 aliphatic heterocycles. The smallest absolute Gasteiger partial charge is 0.317 e. The number of hydrogen-bond acceptors (Lipinski definition) is 3. The highest BCUT2D eigenvalue weighted by atomic mass is 32.2. The molecular formula is C23H31N3O2S. The maximum absolute atomic E-state index is 13.4. The first-order valence-electron chi connectivity index (χ1n) is 10.8. The third kappa shape index (κ3) is 4.47. The summed E-state index contributed by atoms with van der Waals surface area (Å²) in [5.74, 6) is 0.810. The summed E-state index contributed by atoms with van der Waals surface area (Å²) in [6.07, 6.45) is 6.25. The Morgan fingerprint density at radius 3 is 2.52 bits per heavy atom. The molecule has 1 N–H and O–H groups in total. The summed E-state index contributed by atoms with van der Waals surface area (Å²) in [6, 6.07) is 10.7. The molecule has 2 unspecified atom stereocenters. The van der Waals surface area contributed by atoms with Gasteiger partial charge in [0.25, 0.3) is 5.91 Å². The fourth-order valence-corrected chi connectivity index (χ4v) is 6.22. The van der Waals surface area contributed by atoms with Crippen LogP contribution >= 0.6 is 11.8 Å². The van der Waals surface area contributed by atoms with E-state index < -0.39 is 0 Å². The van der Waals surface area contributed by atoms with E-state index in [1.165, 1.54) is 12.0 Å². The van der Waals surface area contributed by atoms with Crippen molar-refractivity contribution < 1.29 is 9.59 Å². The third-order valence-corrected chi connectivity index (χ3v) is 7.92. The van der Waals surface area contributed by atoms with E-state index in [0.29, 0.717) is 11.2 Å². The molecule has 2 fully saturated rings. The van der Waals surface area contributed by atoms with Crippen LogP contribution in [0.15, 0.2) is 41.3 Å². The minimum Gasteiger partial charge on any atom is -0.341 e. The molecule has 0 aromatic heterocycles. The van der Waals surface area contributed by atoms with Crippen LogP contribution in [0.1, 0.15) is 50.1 Å². The number of nitrogens with one attached hydrogen (secondary N) is 1. The summed E-state index contributed by atoms with van der Waals surface area (Å²) in [4.78, 5) is 29.2. The van der Waals surface area contributed by atoms with Gasteiger partial charge in [-0.1, -0.05) is 30.3 Å². The van der Waals surface area contributed by atoms with E-state index in [0.717, 1.165) is 57.3 Å². The standard InChI is InChI=1S/C23H31N3O2S/c1-24-23(28)25-13-10-18(11-14-25)21-15-19(16-29-21)22(27)26-12-6-5-9-20(26)17-7-3-2-4-8-17/h2-4,7-8,16,18,20-21H,5-6,9-15H2,1H3,(H,24,28). The van der Waals surface area contributed by atoms with Crippen LogP contribution in [-0.2, 0) is 4.79 Å². The predicted molar refractivity (Wildman–Crippen MR) is 118 cm³/mol. The number of carbonyl (C=O) groups excluding carboxylic acids is 2. The SMILES string of the molecule is CNC(=O)N1CCC(C2CC(C(=O)N3CCCCC3c3ccccc3)=CS2)CC1. The van der Waals surface area contributed by atoms with Gasteiger partial charge < -0.3 is 15.1 Å². The molecule has 3 amide bonds. The van der Waals surface area contributed by atoms with Crippen LogP contribution in [0.3, 0.4) is 0 Å². The van der Waals surface area contributed by atoms with Crippen molar-refractivity contribution in [3.63, 3.8) is 0 Å². The number of amides is 3. The molecule has 0 radical (unpaired) electrons. The number of hydrogen-bond donors (Lipinski definition) is 1. The lowest BCUT2D eigenvalue weighted by Crippen LogP contribution is -2.44. The topological polar surface area (TPSA) is 52.7 Å². The van der Waals surface area contributed by atoms with Crippen LogP contribution in [0.4, 0.5) is 4.79 Å². The van der Waals surface area contributed by atoms with E-state index >= 15 is 0 Å². The molecule has 0 saturated carbocycles. The Labute approximate surface area is 177 Å². The molecule has 4 rings (SSSR count). The van der Waals surface area contributed by atoms with Gasteiger partial charge in [0.15, 0.2) is 0 Å². The quantitative estimate of drug-likeness (QED) is 0.809. The van der Waals surface area contributed by atoms with Gasteiger partial charge in [0, 0.05) is 37.5 Å². The first-order chi connectivity index (χ1) is 14.2. The Kier molecular flexibility index (Phi) is 6.48. The van der Waals surface area contributed by atoms with Crippen LogP contribution in [0.2, 0.25) is 0 Å². The maximum atomic E-state index is 13.4. The lowest BCUT2D eigenvalue weighted by molar-refractivity contribution is -0.131. The number of piperidine rings is 2. The van der Waals surface area contributed by atoms with Gasteiger partial charge in [0.2, 0.25) is 0 Å². The van der Waals surface area contributed by atoms with Gasteiger partial charge in [-0.15, -0.1) is 11.8 Å². The largest absolute Gasteiger partial charge is 0.341 e. The molecule has 0 bridgehead atoms. The van der Waals surface area contributed by atoms with Crippen LogP contribution in [0.25, 0.3) is 0 Å². The minimum absolute atomic E-state index is 0.0218. The van der Waals surface area contributed by atoms with Gasteiger partial charge in [-0.25, -0.2) is 4.79 Å². The highest BCUT2D eigenvalue weighted by molar-refractivity contribution is 8.03. The van der Waals surface area contributed by atoms with Gasteiger partial charge in [-0.05, 0) is 55.4 Å². The molecule has 5 nitrogen and oxygen atoms in total. The van der Waals surface area contributed by atoms with Gasteiger partial charge >= 0.3 is 6.03 Å². The van der Waals surface area contributed by atoms with Gasteiger partial charge in [-0.2, -0.15) is 0 Å². The summed E-state index contributed by atoms with van der Waals surface area (Å²) in [5.41, 5.74) is 2.24. The Balaban J connectivity index is 1.36. The van der Waals surface area contributed by atoms with Crippen LogP contribution in [0.5, 0.6) is 0 Å². The van der Waals surface area contributed by atoms with Crippen molar-refractivity contribution >= 4 is 23.7 Å². The summed E-state index contributed by atoms with van der Waals surface area (Å²) in [5, 5.41) is 5.31. The molecule has 29 heavy (non-hydrogen) atoms. The average Bonchev–Trinajstić information content (AvgIpc) is 3.29. The van der Waals surface area contributed by atoms with E-state index in [1.54, 1.807) is 7.05 Å². The second-order valence-corrected chi connectivity index (χ2v) is 9.44. The van der Waals surface area contributed by atoms with Crippen molar-refractivity contribution in [1.29, 1.82) is 0 Å². The zero-order chi connectivity index (χ0) is 20.2. The Morgan fingerprint density at radius 2 is 1.79 bits per heavy atom. The summed E-state index contributed by atoms with van der Waals surface area (Å²) < 4.78 is 0. The Hall–Kier alpha value is -1.95. The first-order valence-corrected chi connectivity index (χ1v) is 11.8. The van der Waals surface area contributed by atoms with Gasteiger partial charge in [0.1, 0.15) is 0 Å². The third-order valence-electron chi connectivity index (χ3n) is 6.60. The van der Waals surface area contributed by atoms with Gasteiger partial charge in [-0.3, -0.25) is 4.79 Å². The predicted octanol–water partition coefficient (Wildman–Crippen LogP) is 4.18. The summed E-state index contributed by atoms with van der Waals surface area (Å²) >= 11 is 1.83. The Bertz CT molecular complexity index is 759. The van der Waals surface area contributed by atoms with Crippen molar-refractivity contribution in [3.8, 4) is 0 Å². The summed E-state index contributed by atoms with van der Waals surface area (Å²) in [6.45, 7) is 2.48. The van der Waals surface area contributed by atoms with Crippen LogP contribution < -0.4 is 5.32 Å². The fourth-order valence-electron chi connectivity index (χ4n) is 4.91. The number of rotatable bonds is 3. The first kappa shape index (κ1) is 20.3. The highest BCUT2D eigenvalue weighted by Crippen LogP contribution is 2.41. The molecule has 1 aromatic carbocycles. The number of likely N-dealkylation sites (tertiary alicyclic amines) is 2. The van der Waals surface area contributed by atoms with Crippen LogP contribution in [0, 0.1) is 5.92 Å². The van der Waals surface area contributed by atoms with Crippen molar-refractivity contribution in [1.82, 2.24) is 15.1 Å². The van der Waals surface area contributed by atoms with Gasteiger partial charge in [0.05, 0.1) is 6.04 Å². The normalized spacial score (nSPS) is 25.6. The zero-order valence-corrected chi connectivity index (χ0v) is 18.0. The van der Waals surface area contributed by atoms with Crippen molar-refractivity contribution in [3.05, 3.63) is 46.9 Å². The van der Waals surface area contributed by atoms with Crippen molar-refractivity contribution in [2.75, 3.05) is 26.7 Å². The average molecular weight is 414 g/mol. The van der Waals surface area contributed by atoms with Crippen molar-refractivity contribution in [2.45, 2.75) is 49.8 Å². The van der Waals surface area contributed by atoms with Crippen LogP contribution in [-0.4, -0.2) is 53.7 Å². The molecule has 3 heterocycles. The number of carbonyl (C=O) groups is 2. The van der Waals surface area contributed by atoms with E-state index in [9.17, 15) is 9.59 Å². The molecule has 0 spiro atoms. The van der Waals surface area contributed by atoms with E-state index in [4.69, 9.17) is 0 Å².